The highest BCUT2D eigenvalue weighted by molar-refractivity contribution is 7.20. The Kier molecular flexibility index (Phi) is 4.24. The zero-order chi connectivity index (χ0) is 18.4. The summed E-state index contributed by atoms with van der Waals surface area (Å²) in [6, 6.07) is 4.75. The summed E-state index contributed by atoms with van der Waals surface area (Å²) in [5.74, 6) is -2.12. The molecule has 0 aliphatic heterocycles. The Bertz CT molecular complexity index is 840. The Balaban J connectivity index is 1.67. The highest BCUT2D eigenvalue weighted by Gasteiger charge is 2.46. The summed E-state index contributed by atoms with van der Waals surface area (Å²) >= 11 is 0.930. The Hall–Kier alpha value is -2.13. The quantitative estimate of drug-likeness (QED) is 0.769. The second-order valence-electron chi connectivity index (χ2n) is 6.21. The molecule has 1 heterocycles. The van der Waals surface area contributed by atoms with Crippen LogP contribution in [0.5, 0.6) is 0 Å². The summed E-state index contributed by atoms with van der Waals surface area (Å²) in [5, 5.41) is 21.9. The van der Waals surface area contributed by atoms with E-state index in [0.717, 1.165) is 23.5 Å². The lowest BCUT2D eigenvalue weighted by Crippen LogP contribution is -2.54. The van der Waals surface area contributed by atoms with E-state index in [1.165, 1.54) is 12.1 Å². The minimum atomic E-state index is -4.45. The minimum Gasteiger partial charge on any atom is -0.481 e. The van der Waals surface area contributed by atoms with Gasteiger partial charge in [0.2, 0.25) is 0 Å². The Morgan fingerprint density at radius 3 is 2.56 bits per heavy atom. The van der Waals surface area contributed by atoms with Gasteiger partial charge in [0.1, 0.15) is 0 Å². The molecule has 1 aliphatic carbocycles. The molecule has 1 aromatic carbocycles. The third-order valence-corrected chi connectivity index (χ3v) is 5.35. The number of carbonyl (C=O) groups is 2. The summed E-state index contributed by atoms with van der Waals surface area (Å²) in [6.45, 7) is -0.0995. The topological polar surface area (TPSA) is 86.6 Å². The first-order valence-electron chi connectivity index (χ1n) is 7.42. The summed E-state index contributed by atoms with van der Waals surface area (Å²) in [6.07, 6.45) is -4.33. The smallest absolute Gasteiger partial charge is 0.416 e. The largest absolute Gasteiger partial charge is 0.481 e. The van der Waals surface area contributed by atoms with E-state index in [-0.39, 0.29) is 24.3 Å². The number of amides is 1. The van der Waals surface area contributed by atoms with E-state index in [4.69, 9.17) is 5.11 Å². The van der Waals surface area contributed by atoms with Crippen LogP contribution in [0.25, 0.3) is 10.1 Å². The zero-order valence-corrected chi connectivity index (χ0v) is 13.6. The van der Waals surface area contributed by atoms with E-state index in [1.807, 2.05) is 0 Å². The molecular weight excluding hydrogens is 359 g/mol. The fraction of sp³-hybridized carbons (Fsp3) is 0.375. The van der Waals surface area contributed by atoms with Gasteiger partial charge in [-0.25, -0.2) is 0 Å². The van der Waals surface area contributed by atoms with Crippen molar-refractivity contribution in [2.24, 2.45) is 5.92 Å². The average Bonchev–Trinajstić information content (AvgIpc) is 2.91. The summed E-state index contributed by atoms with van der Waals surface area (Å²) in [5.41, 5.74) is -2.03. The van der Waals surface area contributed by atoms with Crippen molar-refractivity contribution >= 4 is 33.3 Å². The second kappa shape index (κ2) is 5.99. The molecule has 5 nitrogen and oxygen atoms in total. The zero-order valence-electron chi connectivity index (χ0n) is 12.8. The molecule has 134 valence electrons. The fourth-order valence-electron chi connectivity index (χ4n) is 2.83. The van der Waals surface area contributed by atoms with Crippen molar-refractivity contribution in [3.8, 4) is 0 Å². The van der Waals surface area contributed by atoms with Gasteiger partial charge < -0.3 is 15.5 Å². The molecule has 1 aromatic heterocycles. The van der Waals surface area contributed by atoms with E-state index in [1.54, 1.807) is 0 Å². The second-order valence-corrected chi connectivity index (χ2v) is 7.30. The van der Waals surface area contributed by atoms with Gasteiger partial charge in [0.15, 0.2) is 0 Å². The summed E-state index contributed by atoms with van der Waals surface area (Å²) in [7, 11) is 0. The molecule has 1 aliphatic rings. The number of hydrogen-bond acceptors (Lipinski definition) is 4. The van der Waals surface area contributed by atoms with Crippen molar-refractivity contribution in [1.29, 1.82) is 0 Å². The predicted octanol–water partition coefficient (Wildman–Crippen LogP) is 2.88. The molecule has 0 spiro atoms. The number of aliphatic hydroxyl groups is 1. The number of carboxylic acid groups (broad SMARTS) is 1. The Labute approximate surface area is 144 Å². The van der Waals surface area contributed by atoms with Crippen LogP contribution in [0.3, 0.4) is 0 Å². The van der Waals surface area contributed by atoms with Crippen LogP contribution >= 0.6 is 11.3 Å². The molecule has 1 fully saturated rings. The van der Waals surface area contributed by atoms with E-state index in [9.17, 15) is 27.9 Å². The van der Waals surface area contributed by atoms with Crippen molar-refractivity contribution in [2.45, 2.75) is 24.6 Å². The number of rotatable bonds is 4. The lowest BCUT2D eigenvalue weighted by molar-refractivity contribution is -0.157. The Morgan fingerprint density at radius 2 is 1.96 bits per heavy atom. The molecule has 25 heavy (non-hydrogen) atoms. The van der Waals surface area contributed by atoms with Crippen LogP contribution in [-0.4, -0.2) is 34.2 Å². The van der Waals surface area contributed by atoms with Crippen LogP contribution in [0.1, 0.15) is 28.1 Å². The van der Waals surface area contributed by atoms with Crippen LogP contribution < -0.4 is 5.32 Å². The molecule has 0 atom stereocenters. The molecule has 1 amide bonds. The van der Waals surface area contributed by atoms with Crippen LogP contribution in [-0.2, 0) is 11.0 Å². The molecule has 0 radical (unpaired) electrons. The lowest BCUT2D eigenvalue weighted by atomic mass is 9.71. The molecule has 0 saturated heterocycles. The lowest BCUT2D eigenvalue weighted by Gasteiger charge is -2.41. The number of fused-ring (bicyclic) bond motifs is 1. The highest BCUT2D eigenvalue weighted by atomic mass is 32.1. The first kappa shape index (κ1) is 17.7. The van der Waals surface area contributed by atoms with Crippen molar-refractivity contribution in [3.63, 3.8) is 0 Å². The normalized spacial score (nSPS) is 23.3. The standard InChI is InChI=1S/C16H14F3NO4S/c17-16(18,19)10-2-1-8-3-12(25-11(8)4-10)13(21)20-7-15(24)5-9(6-15)14(22)23/h1-4,9,24H,5-7H2,(H,20,21)(H,22,23). The molecule has 9 heteroatoms. The molecule has 2 aromatic rings. The van der Waals surface area contributed by atoms with Crippen molar-refractivity contribution in [1.82, 2.24) is 5.32 Å². The predicted molar refractivity (Wildman–Crippen MR) is 84.5 cm³/mol. The number of halogens is 3. The van der Waals surface area contributed by atoms with Gasteiger partial charge in [-0.3, -0.25) is 9.59 Å². The fourth-order valence-corrected chi connectivity index (χ4v) is 3.85. The first-order chi connectivity index (χ1) is 11.6. The van der Waals surface area contributed by atoms with Crippen molar-refractivity contribution < 1.29 is 33.0 Å². The maximum atomic E-state index is 12.7. The van der Waals surface area contributed by atoms with Gasteiger partial charge in [0.25, 0.3) is 5.91 Å². The summed E-state index contributed by atoms with van der Waals surface area (Å²) < 4.78 is 38.5. The number of nitrogens with one attached hydrogen (secondary N) is 1. The number of alkyl halides is 3. The summed E-state index contributed by atoms with van der Waals surface area (Å²) in [4.78, 5) is 23.1. The number of thiophene rings is 1. The Morgan fingerprint density at radius 1 is 1.28 bits per heavy atom. The molecule has 0 unspecified atom stereocenters. The van der Waals surface area contributed by atoms with E-state index < -0.39 is 35.1 Å². The number of aliphatic carboxylic acids is 1. The molecule has 1 saturated carbocycles. The van der Waals surface area contributed by atoms with Gasteiger partial charge in [-0.05, 0) is 36.4 Å². The highest BCUT2D eigenvalue weighted by Crippen LogP contribution is 2.38. The monoisotopic (exact) mass is 373 g/mol. The van der Waals surface area contributed by atoms with Gasteiger partial charge in [0, 0.05) is 11.2 Å². The van der Waals surface area contributed by atoms with Gasteiger partial charge in [-0.2, -0.15) is 13.2 Å². The van der Waals surface area contributed by atoms with Crippen LogP contribution in [0, 0.1) is 5.92 Å². The van der Waals surface area contributed by atoms with Gasteiger partial charge in [-0.15, -0.1) is 11.3 Å². The van der Waals surface area contributed by atoms with Crippen molar-refractivity contribution in [3.05, 3.63) is 34.7 Å². The minimum absolute atomic E-state index is 0.0595. The number of benzene rings is 1. The number of carboxylic acids is 1. The molecular formula is C16H14F3NO4S. The van der Waals surface area contributed by atoms with Crippen molar-refractivity contribution in [2.75, 3.05) is 6.54 Å². The van der Waals surface area contributed by atoms with Crippen LogP contribution in [0.2, 0.25) is 0 Å². The number of carbonyl (C=O) groups excluding carboxylic acids is 1. The maximum Gasteiger partial charge on any atom is 0.416 e. The SMILES string of the molecule is O=C(NCC1(O)CC(C(=O)O)C1)c1cc2ccc(C(F)(F)F)cc2s1. The average molecular weight is 373 g/mol. The van der Waals surface area contributed by atoms with E-state index >= 15 is 0 Å². The molecule has 3 rings (SSSR count). The maximum absolute atomic E-state index is 12.7. The van der Waals surface area contributed by atoms with E-state index in [0.29, 0.717) is 10.1 Å². The van der Waals surface area contributed by atoms with Gasteiger partial charge >= 0.3 is 12.1 Å². The first-order valence-corrected chi connectivity index (χ1v) is 8.23. The van der Waals surface area contributed by atoms with Gasteiger partial charge in [0.05, 0.1) is 22.0 Å². The van der Waals surface area contributed by atoms with Crippen LogP contribution in [0.15, 0.2) is 24.3 Å². The third kappa shape index (κ3) is 3.62. The van der Waals surface area contributed by atoms with E-state index in [2.05, 4.69) is 5.32 Å². The molecule has 0 bridgehead atoms. The van der Waals surface area contributed by atoms with Crippen LogP contribution in [0.4, 0.5) is 13.2 Å². The van der Waals surface area contributed by atoms with Gasteiger partial charge in [-0.1, -0.05) is 6.07 Å². The molecule has 3 N–H and O–H groups in total. The third-order valence-electron chi connectivity index (χ3n) is 4.25. The number of hydrogen-bond donors (Lipinski definition) is 3.